The second kappa shape index (κ2) is 4.73. The van der Waals surface area contributed by atoms with Gasteiger partial charge in [0.1, 0.15) is 5.65 Å². The lowest BCUT2D eigenvalue weighted by Gasteiger charge is -2.09. The van der Waals surface area contributed by atoms with Crippen LogP contribution in [0.3, 0.4) is 0 Å². The highest BCUT2D eigenvalue weighted by Gasteiger charge is 2.18. The van der Waals surface area contributed by atoms with E-state index in [1.54, 1.807) is 40.8 Å². The maximum Gasteiger partial charge on any atom is 0.264 e. The Bertz CT molecular complexity index is 1350. The number of rotatable bonds is 0. The SMILES string of the molecule is O=c1c2ccc(Cl)c3c(Cl)ccc(c32)c2nc3cc(Cl)ccc3n12. The van der Waals surface area contributed by atoms with Gasteiger partial charge in [0.15, 0.2) is 0 Å². The Morgan fingerprint density at radius 2 is 1.54 bits per heavy atom. The Morgan fingerprint density at radius 3 is 2.29 bits per heavy atom. The summed E-state index contributed by atoms with van der Waals surface area (Å²) >= 11 is 18.7. The van der Waals surface area contributed by atoms with Crippen LogP contribution < -0.4 is 5.56 Å². The summed E-state index contributed by atoms with van der Waals surface area (Å²) < 4.78 is 1.62. The largest absolute Gasteiger partial charge is 0.268 e. The van der Waals surface area contributed by atoms with Crippen molar-refractivity contribution in [1.82, 2.24) is 9.38 Å². The maximum absolute atomic E-state index is 13.1. The number of halogens is 3. The molecule has 5 aromatic rings. The molecule has 0 N–H and O–H groups in total. The average Bonchev–Trinajstić information content (AvgIpc) is 2.93. The van der Waals surface area contributed by atoms with Crippen molar-refractivity contribution in [3.63, 3.8) is 0 Å². The van der Waals surface area contributed by atoms with Crippen LogP contribution in [-0.2, 0) is 0 Å². The maximum atomic E-state index is 13.1. The molecule has 0 aliphatic carbocycles. The van der Waals surface area contributed by atoms with Crippen molar-refractivity contribution >= 4 is 73.0 Å². The molecular weight excluding hydrogens is 367 g/mol. The van der Waals surface area contributed by atoms with E-state index in [-0.39, 0.29) is 5.56 Å². The lowest BCUT2D eigenvalue weighted by atomic mass is 10.0. The zero-order valence-electron chi connectivity index (χ0n) is 12.0. The molecule has 0 aliphatic rings. The Labute approximate surface area is 150 Å². The van der Waals surface area contributed by atoms with Gasteiger partial charge >= 0.3 is 0 Å². The first-order valence-electron chi connectivity index (χ1n) is 7.20. The highest BCUT2D eigenvalue weighted by Crippen LogP contribution is 2.37. The minimum absolute atomic E-state index is 0.147. The molecule has 0 saturated carbocycles. The first-order valence-corrected chi connectivity index (χ1v) is 8.33. The van der Waals surface area contributed by atoms with E-state index in [1.165, 1.54) is 0 Å². The summed E-state index contributed by atoms with van der Waals surface area (Å²) in [4.78, 5) is 17.7. The van der Waals surface area contributed by atoms with E-state index in [0.717, 1.165) is 16.3 Å². The fourth-order valence-corrected chi connectivity index (χ4v) is 4.07. The van der Waals surface area contributed by atoms with E-state index in [4.69, 9.17) is 34.8 Å². The molecule has 0 bridgehead atoms. The number of pyridine rings is 1. The van der Waals surface area contributed by atoms with Gasteiger partial charge in [-0.05, 0) is 42.5 Å². The van der Waals surface area contributed by atoms with Gasteiger partial charge in [-0.15, -0.1) is 0 Å². The van der Waals surface area contributed by atoms with Crippen molar-refractivity contribution in [2.24, 2.45) is 0 Å². The second-order valence-electron chi connectivity index (χ2n) is 5.65. The van der Waals surface area contributed by atoms with E-state index in [0.29, 0.717) is 37.0 Å². The molecule has 6 heteroatoms. The van der Waals surface area contributed by atoms with Crippen LogP contribution in [0, 0.1) is 0 Å². The van der Waals surface area contributed by atoms with E-state index >= 15 is 0 Å². The molecular formula is C18H7Cl3N2O. The Morgan fingerprint density at radius 1 is 0.833 bits per heavy atom. The predicted octanol–water partition coefficient (Wildman–Crippen LogP) is 5.55. The van der Waals surface area contributed by atoms with Crippen LogP contribution in [-0.4, -0.2) is 9.38 Å². The second-order valence-corrected chi connectivity index (χ2v) is 6.90. The van der Waals surface area contributed by atoms with Gasteiger partial charge in [-0.3, -0.25) is 9.20 Å². The smallest absolute Gasteiger partial charge is 0.264 e. The molecule has 2 heterocycles. The molecule has 0 saturated heterocycles. The third kappa shape index (κ3) is 1.69. The number of nitrogens with zero attached hydrogens (tertiary/aromatic N) is 2. The fraction of sp³-hybridized carbons (Fsp3) is 0. The van der Waals surface area contributed by atoms with Crippen molar-refractivity contribution in [3.8, 4) is 0 Å². The number of benzene rings is 3. The molecule has 5 rings (SSSR count). The van der Waals surface area contributed by atoms with Crippen LogP contribution in [0.1, 0.15) is 0 Å². The number of aromatic nitrogens is 2. The minimum atomic E-state index is -0.147. The predicted molar refractivity (Wildman–Crippen MR) is 100 cm³/mol. The number of hydrogen-bond acceptors (Lipinski definition) is 2. The summed E-state index contributed by atoms with van der Waals surface area (Å²) in [7, 11) is 0. The van der Waals surface area contributed by atoms with Gasteiger partial charge in [0, 0.05) is 36.6 Å². The van der Waals surface area contributed by atoms with Gasteiger partial charge in [0.05, 0.1) is 11.0 Å². The standard InChI is InChI=1S/C18H7Cl3N2O/c19-8-1-6-14-13(7-8)22-17-9-2-4-11(20)16-12(21)5-3-10(15(9)16)18(24)23(14)17/h1-7H. The fourth-order valence-electron chi connectivity index (χ4n) is 3.34. The summed E-state index contributed by atoms with van der Waals surface area (Å²) in [6.45, 7) is 0. The van der Waals surface area contributed by atoms with Crippen molar-refractivity contribution in [3.05, 3.63) is 67.9 Å². The first-order chi connectivity index (χ1) is 11.6. The summed E-state index contributed by atoms with van der Waals surface area (Å²) in [6, 6.07) is 12.4. The van der Waals surface area contributed by atoms with Crippen molar-refractivity contribution in [1.29, 1.82) is 0 Å². The molecule has 3 nitrogen and oxygen atoms in total. The third-order valence-electron chi connectivity index (χ3n) is 4.35. The first kappa shape index (κ1) is 14.3. The van der Waals surface area contributed by atoms with E-state index in [9.17, 15) is 4.79 Å². The Kier molecular flexibility index (Phi) is 2.82. The molecule has 0 unspecified atom stereocenters. The topological polar surface area (TPSA) is 34.4 Å². The van der Waals surface area contributed by atoms with E-state index < -0.39 is 0 Å². The number of imidazole rings is 1. The van der Waals surface area contributed by atoms with Crippen LogP contribution >= 0.6 is 34.8 Å². The molecule has 0 atom stereocenters. The Hall–Kier alpha value is -2.07. The minimum Gasteiger partial charge on any atom is -0.268 e. The van der Waals surface area contributed by atoms with Gasteiger partial charge < -0.3 is 0 Å². The van der Waals surface area contributed by atoms with Crippen LogP contribution in [0.2, 0.25) is 15.1 Å². The molecule has 0 radical (unpaired) electrons. The summed E-state index contributed by atoms with van der Waals surface area (Å²) in [6.07, 6.45) is 0. The lowest BCUT2D eigenvalue weighted by molar-refractivity contribution is 1.19. The van der Waals surface area contributed by atoms with Gasteiger partial charge in [0.2, 0.25) is 0 Å². The van der Waals surface area contributed by atoms with Crippen molar-refractivity contribution in [2.75, 3.05) is 0 Å². The summed E-state index contributed by atoms with van der Waals surface area (Å²) in [5, 5.41) is 4.42. The summed E-state index contributed by atoms with van der Waals surface area (Å²) in [5.74, 6) is 0. The number of fused-ring (bicyclic) bond motifs is 4. The van der Waals surface area contributed by atoms with Crippen LogP contribution in [0.4, 0.5) is 0 Å². The lowest BCUT2D eigenvalue weighted by Crippen LogP contribution is -2.13. The van der Waals surface area contributed by atoms with Crippen molar-refractivity contribution in [2.45, 2.75) is 0 Å². The van der Waals surface area contributed by atoms with E-state index in [1.807, 2.05) is 6.07 Å². The van der Waals surface area contributed by atoms with Crippen molar-refractivity contribution < 1.29 is 0 Å². The monoisotopic (exact) mass is 372 g/mol. The van der Waals surface area contributed by atoms with Crippen LogP contribution in [0.15, 0.2) is 47.3 Å². The molecule has 0 spiro atoms. The molecule has 2 aromatic heterocycles. The molecule has 0 aliphatic heterocycles. The van der Waals surface area contributed by atoms with Gasteiger partial charge in [-0.25, -0.2) is 4.98 Å². The quantitative estimate of drug-likeness (QED) is 0.356. The van der Waals surface area contributed by atoms with E-state index in [2.05, 4.69) is 4.98 Å². The Balaban J connectivity index is 2.20. The van der Waals surface area contributed by atoms with Crippen LogP contribution in [0.5, 0.6) is 0 Å². The van der Waals surface area contributed by atoms with Gasteiger partial charge in [0.25, 0.3) is 5.56 Å². The average molecular weight is 374 g/mol. The molecule has 3 aromatic carbocycles. The zero-order valence-corrected chi connectivity index (χ0v) is 14.2. The third-order valence-corrected chi connectivity index (χ3v) is 5.21. The molecule has 0 amide bonds. The molecule has 24 heavy (non-hydrogen) atoms. The number of hydrogen-bond donors (Lipinski definition) is 0. The molecule has 116 valence electrons. The normalized spacial score (nSPS) is 12.1. The summed E-state index contributed by atoms with van der Waals surface area (Å²) in [5.41, 5.74) is 1.83. The van der Waals surface area contributed by atoms with Crippen LogP contribution in [0.25, 0.3) is 38.2 Å². The highest BCUT2D eigenvalue weighted by atomic mass is 35.5. The highest BCUT2D eigenvalue weighted by molar-refractivity contribution is 6.44. The molecule has 0 fully saturated rings. The zero-order chi connectivity index (χ0) is 16.6. The van der Waals surface area contributed by atoms with Gasteiger partial charge in [-0.2, -0.15) is 0 Å². The van der Waals surface area contributed by atoms with Gasteiger partial charge in [-0.1, -0.05) is 34.8 Å².